The van der Waals surface area contributed by atoms with E-state index >= 15 is 0 Å². The molecule has 0 unspecified atom stereocenters. The Labute approximate surface area is 146 Å². The molecule has 0 bridgehead atoms. The minimum absolute atomic E-state index is 0.0444. The predicted octanol–water partition coefficient (Wildman–Crippen LogP) is 1.69. The number of rotatable bonds is 3. The van der Waals surface area contributed by atoms with Crippen molar-refractivity contribution in [2.75, 3.05) is 31.8 Å². The summed E-state index contributed by atoms with van der Waals surface area (Å²) >= 11 is 6.25. The average molecular weight is 374 g/mol. The maximum atomic E-state index is 12.5. The molecule has 8 heteroatoms. The number of hydrogen-bond donors (Lipinski definition) is 0. The molecule has 0 atom stereocenters. The van der Waals surface area contributed by atoms with Crippen LogP contribution in [0.2, 0.25) is 5.02 Å². The molecule has 0 aromatic heterocycles. The third-order valence-electron chi connectivity index (χ3n) is 4.52. The molecule has 0 N–H and O–H groups in total. The summed E-state index contributed by atoms with van der Waals surface area (Å²) in [5.41, 5.74) is 0.682. The molecule has 1 fully saturated rings. The van der Waals surface area contributed by atoms with Crippen molar-refractivity contribution < 1.29 is 22.7 Å². The number of fused-ring (bicyclic) bond motifs is 1. The van der Waals surface area contributed by atoms with E-state index in [1.165, 1.54) is 0 Å². The Morgan fingerprint density at radius 2 is 1.79 bits per heavy atom. The van der Waals surface area contributed by atoms with Gasteiger partial charge in [-0.15, -0.1) is 0 Å². The van der Waals surface area contributed by atoms with Gasteiger partial charge in [0.25, 0.3) is 0 Å². The zero-order valence-electron chi connectivity index (χ0n) is 13.5. The van der Waals surface area contributed by atoms with Crippen LogP contribution in [0.4, 0.5) is 0 Å². The molecular weight excluding hydrogens is 354 g/mol. The molecule has 1 amide bonds. The molecule has 1 saturated heterocycles. The highest BCUT2D eigenvalue weighted by atomic mass is 35.5. The fourth-order valence-electron chi connectivity index (χ4n) is 3.00. The topological polar surface area (TPSA) is 72.9 Å². The van der Waals surface area contributed by atoms with E-state index in [0.717, 1.165) is 0 Å². The molecular formula is C16H20ClNO5S. The number of sulfone groups is 1. The summed E-state index contributed by atoms with van der Waals surface area (Å²) < 4.78 is 34.0. The Balaban J connectivity index is 1.68. The van der Waals surface area contributed by atoms with Crippen LogP contribution in [0.25, 0.3) is 0 Å². The fraction of sp³-hybridized carbons (Fsp3) is 0.562. The number of amides is 1. The van der Waals surface area contributed by atoms with Gasteiger partial charge in [0.2, 0.25) is 5.91 Å². The Bertz CT molecular complexity index is 735. The van der Waals surface area contributed by atoms with Gasteiger partial charge in [0, 0.05) is 24.2 Å². The third kappa shape index (κ3) is 3.78. The van der Waals surface area contributed by atoms with Crippen LogP contribution >= 0.6 is 11.6 Å². The molecule has 2 heterocycles. The second-order valence-corrected chi connectivity index (χ2v) is 8.86. The fourth-order valence-corrected chi connectivity index (χ4v) is 4.68. The van der Waals surface area contributed by atoms with Crippen LogP contribution in [0, 0.1) is 0 Å². The Hall–Kier alpha value is -1.47. The first-order chi connectivity index (χ1) is 11.4. The number of ether oxygens (including phenoxy) is 2. The summed E-state index contributed by atoms with van der Waals surface area (Å²) in [7, 11) is -1.22. The molecule has 1 aromatic rings. The van der Waals surface area contributed by atoms with E-state index in [1.54, 1.807) is 24.1 Å². The molecule has 2 aliphatic heterocycles. The van der Waals surface area contributed by atoms with Crippen molar-refractivity contribution in [1.82, 2.24) is 4.90 Å². The highest BCUT2D eigenvalue weighted by molar-refractivity contribution is 7.91. The molecule has 0 radical (unpaired) electrons. The monoisotopic (exact) mass is 373 g/mol. The molecule has 24 heavy (non-hydrogen) atoms. The van der Waals surface area contributed by atoms with Crippen molar-refractivity contribution in [3.63, 3.8) is 0 Å². The lowest BCUT2D eigenvalue weighted by atomic mass is 10.1. The van der Waals surface area contributed by atoms with Gasteiger partial charge >= 0.3 is 0 Å². The number of carbonyl (C=O) groups excluding carboxylic acids is 1. The summed E-state index contributed by atoms with van der Waals surface area (Å²) in [5, 5.41) is 0.465. The van der Waals surface area contributed by atoms with Gasteiger partial charge in [-0.05, 0) is 24.5 Å². The van der Waals surface area contributed by atoms with Gasteiger partial charge in [-0.2, -0.15) is 0 Å². The third-order valence-corrected chi connectivity index (χ3v) is 6.59. The number of halogens is 1. The second kappa shape index (κ2) is 6.80. The van der Waals surface area contributed by atoms with Gasteiger partial charge in [-0.25, -0.2) is 8.42 Å². The van der Waals surface area contributed by atoms with E-state index in [-0.39, 0.29) is 29.9 Å². The van der Waals surface area contributed by atoms with Gasteiger partial charge in [-0.1, -0.05) is 11.6 Å². The van der Waals surface area contributed by atoms with E-state index in [1.807, 2.05) is 0 Å². The first kappa shape index (κ1) is 17.4. The molecule has 2 aliphatic rings. The van der Waals surface area contributed by atoms with Crippen LogP contribution < -0.4 is 9.47 Å². The van der Waals surface area contributed by atoms with Crippen molar-refractivity contribution in [2.24, 2.45) is 0 Å². The van der Waals surface area contributed by atoms with Gasteiger partial charge in [0.15, 0.2) is 11.5 Å². The lowest BCUT2D eigenvalue weighted by Crippen LogP contribution is -2.42. The maximum absolute atomic E-state index is 12.5. The highest BCUT2D eigenvalue weighted by Crippen LogP contribution is 2.35. The Kier molecular flexibility index (Phi) is 4.92. The highest BCUT2D eigenvalue weighted by Gasteiger charge is 2.29. The van der Waals surface area contributed by atoms with E-state index in [9.17, 15) is 13.2 Å². The first-order valence-electron chi connectivity index (χ1n) is 7.90. The smallest absolute Gasteiger partial charge is 0.227 e. The van der Waals surface area contributed by atoms with E-state index in [4.69, 9.17) is 21.1 Å². The average Bonchev–Trinajstić information content (AvgIpc) is 2.55. The normalized spacial score (nSPS) is 19.8. The molecule has 0 saturated carbocycles. The van der Waals surface area contributed by atoms with Crippen molar-refractivity contribution in [1.29, 1.82) is 0 Å². The number of carbonyl (C=O) groups is 1. The minimum atomic E-state index is -2.94. The van der Waals surface area contributed by atoms with Crippen molar-refractivity contribution >= 4 is 27.3 Å². The van der Waals surface area contributed by atoms with Gasteiger partial charge < -0.3 is 14.4 Å². The van der Waals surface area contributed by atoms with Crippen LogP contribution in [0.3, 0.4) is 0 Å². The van der Waals surface area contributed by atoms with Crippen molar-refractivity contribution in [3.05, 3.63) is 22.7 Å². The quantitative estimate of drug-likeness (QED) is 0.806. The summed E-state index contributed by atoms with van der Waals surface area (Å²) in [5.74, 6) is 1.38. The number of benzene rings is 1. The number of likely N-dealkylation sites (N-methyl/N-ethyl adjacent to an activating group) is 1. The van der Waals surface area contributed by atoms with Gasteiger partial charge in [-0.3, -0.25) is 4.79 Å². The number of nitrogens with zero attached hydrogens (tertiary/aromatic N) is 1. The second-order valence-electron chi connectivity index (χ2n) is 6.15. The van der Waals surface area contributed by atoms with Crippen molar-refractivity contribution in [2.45, 2.75) is 25.3 Å². The minimum Gasteiger partial charge on any atom is -0.486 e. The lowest BCUT2D eigenvalue weighted by molar-refractivity contribution is -0.131. The zero-order valence-corrected chi connectivity index (χ0v) is 15.0. The summed E-state index contributed by atoms with van der Waals surface area (Å²) in [6.45, 7) is 0.952. The maximum Gasteiger partial charge on any atom is 0.227 e. The van der Waals surface area contributed by atoms with Crippen LogP contribution in [0.5, 0.6) is 11.5 Å². The summed E-state index contributed by atoms with van der Waals surface area (Å²) in [6.07, 6.45) is 1.12. The molecule has 0 aliphatic carbocycles. The van der Waals surface area contributed by atoms with Gasteiger partial charge in [0.05, 0.1) is 17.9 Å². The molecule has 132 valence electrons. The zero-order chi connectivity index (χ0) is 17.3. The van der Waals surface area contributed by atoms with Crippen molar-refractivity contribution in [3.8, 4) is 11.5 Å². The Morgan fingerprint density at radius 1 is 1.21 bits per heavy atom. The van der Waals surface area contributed by atoms with E-state index in [0.29, 0.717) is 48.1 Å². The standard InChI is InChI=1S/C16H20ClNO5S/c1-18(12-2-6-24(20,21)7-3-12)16(19)9-11-8-14-15(10-13(11)17)23-5-4-22-14/h8,10,12H,2-7,9H2,1H3. The van der Waals surface area contributed by atoms with Crippen LogP contribution in [0.1, 0.15) is 18.4 Å². The Morgan fingerprint density at radius 3 is 2.42 bits per heavy atom. The summed E-state index contributed by atoms with van der Waals surface area (Å²) in [4.78, 5) is 14.2. The number of hydrogen-bond acceptors (Lipinski definition) is 5. The molecule has 0 spiro atoms. The van der Waals surface area contributed by atoms with Gasteiger partial charge in [0.1, 0.15) is 23.1 Å². The molecule has 3 rings (SSSR count). The predicted molar refractivity (Wildman–Crippen MR) is 90.6 cm³/mol. The summed E-state index contributed by atoms with van der Waals surface area (Å²) in [6, 6.07) is 3.37. The van der Waals surface area contributed by atoms with Crippen LogP contribution in [-0.4, -0.2) is 57.0 Å². The van der Waals surface area contributed by atoms with E-state index < -0.39 is 9.84 Å². The van der Waals surface area contributed by atoms with Crippen LogP contribution in [0.15, 0.2) is 12.1 Å². The van der Waals surface area contributed by atoms with E-state index in [2.05, 4.69) is 0 Å². The SMILES string of the molecule is CN(C(=O)Cc1cc2c(cc1Cl)OCCO2)C1CCS(=O)(=O)CC1. The molecule has 1 aromatic carbocycles. The largest absolute Gasteiger partial charge is 0.486 e. The van der Waals surface area contributed by atoms with Crippen LogP contribution in [-0.2, 0) is 21.1 Å². The first-order valence-corrected chi connectivity index (χ1v) is 10.1. The molecule has 6 nitrogen and oxygen atoms in total. The lowest BCUT2D eigenvalue weighted by Gasteiger charge is -2.31.